The lowest BCUT2D eigenvalue weighted by Crippen LogP contribution is -2.30. The van der Waals surface area contributed by atoms with Crippen LogP contribution in [-0.2, 0) is 16.2 Å². The highest BCUT2D eigenvalue weighted by Gasteiger charge is 2.47. The van der Waals surface area contributed by atoms with E-state index >= 15 is 0 Å². The molecule has 9 nitrogen and oxygen atoms in total. The third-order valence-electron chi connectivity index (χ3n) is 6.90. The molecule has 1 amide bonds. The lowest BCUT2D eigenvalue weighted by molar-refractivity contribution is -0.132. The Morgan fingerprint density at radius 1 is 0.927 bits per heavy atom. The zero-order chi connectivity index (χ0) is 28.3. The van der Waals surface area contributed by atoms with Gasteiger partial charge in [-0.3, -0.25) is 14.5 Å². The Hall–Kier alpha value is -5.31. The molecule has 9 heteroatoms. The predicted octanol–water partition coefficient (Wildman–Crippen LogP) is 5.07. The monoisotopic (exact) mass is 550 g/mol. The van der Waals surface area contributed by atoms with Gasteiger partial charge in [0, 0.05) is 11.8 Å². The number of aliphatic hydroxyl groups is 1. The molecule has 1 fully saturated rings. The molecule has 3 heterocycles. The number of pyridine rings is 1. The van der Waals surface area contributed by atoms with Crippen LogP contribution in [0.2, 0.25) is 0 Å². The number of ketones is 1. The second-order valence-corrected chi connectivity index (χ2v) is 9.40. The minimum absolute atomic E-state index is 0.0858. The predicted molar refractivity (Wildman–Crippen MR) is 150 cm³/mol. The fourth-order valence-corrected chi connectivity index (χ4v) is 4.94. The van der Waals surface area contributed by atoms with E-state index in [1.807, 2.05) is 30.3 Å². The van der Waals surface area contributed by atoms with Crippen LogP contribution in [-0.4, -0.2) is 42.1 Å². The summed E-state index contributed by atoms with van der Waals surface area (Å²) in [5.74, 6) is 0.154. The quantitative estimate of drug-likeness (QED) is 0.193. The van der Waals surface area contributed by atoms with Gasteiger partial charge in [0.05, 0.1) is 18.7 Å². The second-order valence-electron chi connectivity index (χ2n) is 9.40. The first-order valence-corrected chi connectivity index (χ1v) is 13.0. The van der Waals surface area contributed by atoms with E-state index in [1.165, 1.54) is 18.2 Å². The third-order valence-corrected chi connectivity index (χ3v) is 6.90. The van der Waals surface area contributed by atoms with Gasteiger partial charge in [0.2, 0.25) is 0 Å². The third kappa shape index (κ3) is 4.93. The summed E-state index contributed by atoms with van der Waals surface area (Å²) in [4.78, 5) is 32.6. The number of nitrogens with zero attached hydrogens (tertiary/aromatic N) is 2. The number of hydrogen-bond acceptors (Lipinski definition) is 8. The van der Waals surface area contributed by atoms with Crippen LogP contribution in [0.25, 0.3) is 5.76 Å². The highest BCUT2D eigenvalue weighted by atomic mass is 16.6. The van der Waals surface area contributed by atoms with Crippen LogP contribution in [0, 0.1) is 0 Å². The largest absolute Gasteiger partial charge is 0.507 e. The van der Waals surface area contributed by atoms with Gasteiger partial charge in [0.1, 0.15) is 31.4 Å². The Morgan fingerprint density at radius 2 is 1.71 bits per heavy atom. The maximum atomic E-state index is 13.5. The summed E-state index contributed by atoms with van der Waals surface area (Å²) in [5.41, 5.74) is 1.74. The molecule has 2 aliphatic heterocycles. The maximum Gasteiger partial charge on any atom is 0.301 e. The number of Topliss-reactive ketones (excluding diaryl/α,β-unsaturated/α-hetero) is 1. The normalized spacial score (nSPS) is 17.4. The van der Waals surface area contributed by atoms with Crippen LogP contribution in [0.1, 0.15) is 22.7 Å². The zero-order valence-corrected chi connectivity index (χ0v) is 22.2. The highest BCUT2D eigenvalue weighted by molar-refractivity contribution is 6.51. The Kier molecular flexibility index (Phi) is 6.99. The van der Waals surface area contributed by atoms with Gasteiger partial charge in [-0.05, 0) is 53.6 Å². The fourth-order valence-electron chi connectivity index (χ4n) is 4.94. The van der Waals surface area contributed by atoms with Crippen molar-refractivity contribution in [3.63, 3.8) is 0 Å². The molecule has 206 valence electrons. The number of hydrogen-bond donors (Lipinski definition) is 1. The number of fused-ring (bicyclic) bond motifs is 1. The number of anilines is 1. The Bertz CT molecular complexity index is 1640. The lowest BCUT2D eigenvalue weighted by Gasteiger charge is -2.25. The molecule has 3 aromatic carbocycles. The number of benzene rings is 3. The first-order chi connectivity index (χ1) is 20.0. The lowest BCUT2D eigenvalue weighted by atomic mass is 9.94. The number of aromatic nitrogens is 1. The van der Waals surface area contributed by atoms with Crippen molar-refractivity contribution in [2.45, 2.75) is 12.6 Å². The minimum atomic E-state index is -0.991. The summed E-state index contributed by atoms with van der Waals surface area (Å²) < 4.78 is 22.9. The molecule has 1 saturated heterocycles. The number of aliphatic hydroxyl groups excluding tert-OH is 1. The average Bonchev–Trinajstić information content (AvgIpc) is 3.29. The molecule has 1 unspecified atom stereocenters. The van der Waals surface area contributed by atoms with E-state index in [4.69, 9.17) is 18.9 Å². The molecule has 0 radical (unpaired) electrons. The van der Waals surface area contributed by atoms with E-state index in [0.29, 0.717) is 53.9 Å². The highest BCUT2D eigenvalue weighted by Crippen LogP contribution is 2.44. The van der Waals surface area contributed by atoms with E-state index < -0.39 is 17.7 Å². The molecule has 6 rings (SSSR count). The zero-order valence-electron chi connectivity index (χ0n) is 22.2. The Labute approximate surface area is 236 Å². The number of rotatable bonds is 7. The van der Waals surface area contributed by atoms with E-state index in [1.54, 1.807) is 54.6 Å². The molecule has 0 bridgehead atoms. The summed E-state index contributed by atoms with van der Waals surface area (Å²) in [6.45, 7) is 1.10. The van der Waals surface area contributed by atoms with Crippen LogP contribution in [0.3, 0.4) is 0 Å². The Morgan fingerprint density at radius 3 is 2.46 bits per heavy atom. The van der Waals surface area contributed by atoms with E-state index in [-0.39, 0.29) is 17.2 Å². The van der Waals surface area contributed by atoms with Gasteiger partial charge < -0.3 is 24.1 Å². The van der Waals surface area contributed by atoms with Gasteiger partial charge in [-0.15, -0.1) is 0 Å². The fraction of sp³-hybridized carbons (Fsp3) is 0.156. The summed E-state index contributed by atoms with van der Waals surface area (Å²) in [6.07, 6.45) is 1.54. The van der Waals surface area contributed by atoms with Crippen LogP contribution >= 0.6 is 0 Å². The van der Waals surface area contributed by atoms with Crippen molar-refractivity contribution in [1.82, 2.24) is 4.98 Å². The molecular formula is C32H26N2O7. The molecule has 2 aliphatic rings. The van der Waals surface area contributed by atoms with Crippen LogP contribution < -0.4 is 23.8 Å². The molecule has 1 N–H and O–H groups in total. The van der Waals surface area contributed by atoms with Crippen molar-refractivity contribution in [3.8, 4) is 23.0 Å². The average molecular weight is 551 g/mol. The van der Waals surface area contributed by atoms with E-state index in [2.05, 4.69) is 4.98 Å². The maximum absolute atomic E-state index is 13.5. The standard InChI is InChI=1S/C32H26N2O7/c1-38-25-17-21(10-12-23(25)41-19-20-7-3-2-4-8-20)29-28(31(36)32(37)34(29)27-9-5-6-14-33-27)30(35)22-11-13-24-26(18-22)40-16-15-39-24/h2-14,17-18,29,35H,15-16,19H2,1H3. The minimum Gasteiger partial charge on any atom is -0.507 e. The molecule has 0 saturated carbocycles. The smallest absolute Gasteiger partial charge is 0.301 e. The van der Waals surface area contributed by atoms with Gasteiger partial charge in [-0.2, -0.15) is 0 Å². The first kappa shape index (κ1) is 25.9. The number of amides is 1. The SMILES string of the molecule is COc1cc(C2C(=C(O)c3ccc4c(c3)OCCO4)C(=O)C(=O)N2c2ccccn2)ccc1OCc1ccccc1. The summed E-state index contributed by atoms with van der Waals surface area (Å²) in [6, 6.07) is 23.8. The van der Waals surface area contributed by atoms with Gasteiger partial charge in [0.25, 0.3) is 5.78 Å². The molecule has 1 atom stereocenters. The van der Waals surface area contributed by atoms with Crippen LogP contribution in [0.5, 0.6) is 23.0 Å². The van der Waals surface area contributed by atoms with Gasteiger partial charge >= 0.3 is 5.91 Å². The summed E-state index contributed by atoms with van der Waals surface area (Å²) in [7, 11) is 1.51. The molecular weight excluding hydrogens is 524 g/mol. The van der Waals surface area contributed by atoms with Crippen molar-refractivity contribution in [3.05, 3.63) is 113 Å². The summed E-state index contributed by atoms with van der Waals surface area (Å²) >= 11 is 0. The number of methoxy groups -OCH3 is 1. The van der Waals surface area contributed by atoms with E-state index in [9.17, 15) is 14.7 Å². The summed E-state index contributed by atoms with van der Waals surface area (Å²) in [5, 5.41) is 11.5. The van der Waals surface area contributed by atoms with Crippen molar-refractivity contribution in [2.75, 3.05) is 25.2 Å². The van der Waals surface area contributed by atoms with Crippen LogP contribution in [0.15, 0.2) is 96.7 Å². The molecule has 41 heavy (non-hydrogen) atoms. The van der Waals surface area contributed by atoms with Crippen molar-refractivity contribution < 1.29 is 33.6 Å². The molecule has 4 aromatic rings. The topological polar surface area (TPSA) is 107 Å². The van der Waals surface area contributed by atoms with Gasteiger partial charge in [-0.25, -0.2) is 4.98 Å². The second kappa shape index (κ2) is 11.1. The molecule has 0 aliphatic carbocycles. The van der Waals surface area contributed by atoms with E-state index in [0.717, 1.165) is 5.56 Å². The number of carbonyl (C=O) groups is 2. The first-order valence-electron chi connectivity index (χ1n) is 13.0. The number of ether oxygens (including phenoxy) is 4. The molecule has 1 aromatic heterocycles. The van der Waals surface area contributed by atoms with Crippen molar-refractivity contribution in [2.24, 2.45) is 0 Å². The van der Waals surface area contributed by atoms with Gasteiger partial charge in [0.15, 0.2) is 23.0 Å². The Balaban J connectivity index is 1.44. The van der Waals surface area contributed by atoms with Gasteiger partial charge in [-0.1, -0.05) is 42.5 Å². The van der Waals surface area contributed by atoms with Crippen molar-refractivity contribution in [1.29, 1.82) is 0 Å². The van der Waals surface area contributed by atoms with Crippen LogP contribution in [0.4, 0.5) is 5.82 Å². The number of carbonyl (C=O) groups excluding carboxylic acids is 2. The van der Waals surface area contributed by atoms with Crippen molar-refractivity contribution >= 4 is 23.3 Å². The molecule has 0 spiro atoms.